The average molecular weight is 339 g/mol. The summed E-state index contributed by atoms with van der Waals surface area (Å²) in [6.45, 7) is 1.93. The number of carbonyl (C=O) groups is 1. The molecule has 1 atom stereocenters. The van der Waals surface area contributed by atoms with Gasteiger partial charge in [-0.3, -0.25) is 4.79 Å². The smallest absolute Gasteiger partial charge is 0.248 e. The van der Waals surface area contributed by atoms with Crippen LogP contribution in [0.5, 0.6) is 0 Å². The van der Waals surface area contributed by atoms with E-state index in [2.05, 4.69) is 0 Å². The Hall–Kier alpha value is -2.17. The first-order valence-corrected chi connectivity index (χ1v) is 8.86. The largest absolute Gasteiger partial charge is 0.388 e. The molecule has 3 rings (SSSR count). The molecule has 1 N–H and O–H groups in total. The molecule has 2 aromatic carbocycles. The first-order chi connectivity index (χ1) is 12.2. The van der Waals surface area contributed by atoms with E-state index >= 15 is 0 Å². The van der Waals surface area contributed by atoms with Crippen LogP contribution in [0.2, 0.25) is 0 Å². The Labute approximate surface area is 149 Å². The number of piperidine rings is 1. The summed E-state index contributed by atoms with van der Waals surface area (Å²) in [4.78, 5) is 14.1. The van der Waals surface area contributed by atoms with Crippen LogP contribution in [0.4, 0.5) is 0 Å². The highest BCUT2D eigenvalue weighted by molar-refractivity contribution is 5.77. The predicted octanol–water partition coefficient (Wildman–Crippen LogP) is 3.18. The quantitative estimate of drug-likeness (QED) is 0.879. The fourth-order valence-electron chi connectivity index (χ4n) is 3.31. The zero-order valence-electron chi connectivity index (χ0n) is 14.4. The number of amides is 1. The summed E-state index contributed by atoms with van der Waals surface area (Å²) in [5, 5.41) is 10.5. The van der Waals surface area contributed by atoms with Gasteiger partial charge in [0, 0.05) is 13.1 Å². The van der Waals surface area contributed by atoms with Crippen LogP contribution in [0.25, 0.3) is 0 Å². The topological polar surface area (TPSA) is 49.8 Å². The van der Waals surface area contributed by atoms with Gasteiger partial charge in [-0.25, -0.2) is 0 Å². The molecule has 1 heterocycles. The summed E-state index contributed by atoms with van der Waals surface area (Å²) in [6.07, 6.45) is 1.19. The van der Waals surface area contributed by atoms with E-state index in [1.54, 1.807) is 0 Å². The van der Waals surface area contributed by atoms with Crippen molar-refractivity contribution in [1.29, 1.82) is 0 Å². The highest BCUT2D eigenvalue weighted by Gasteiger charge is 2.28. The lowest BCUT2D eigenvalue weighted by Crippen LogP contribution is -2.41. The first-order valence-electron chi connectivity index (χ1n) is 8.86. The number of likely N-dealkylation sites (tertiary alicyclic amines) is 1. The van der Waals surface area contributed by atoms with E-state index < -0.39 is 6.10 Å². The van der Waals surface area contributed by atoms with Gasteiger partial charge in [-0.05, 0) is 29.9 Å². The SMILES string of the molecule is O=C(COCc1ccccc1)N1CCC(C(O)c2ccccc2)CC1. The summed E-state index contributed by atoms with van der Waals surface area (Å²) < 4.78 is 5.54. The van der Waals surface area contributed by atoms with E-state index in [0.717, 1.165) is 24.0 Å². The Morgan fingerprint density at radius 2 is 1.64 bits per heavy atom. The third-order valence-electron chi connectivity index (χ3n) is 4.82. The predicted molar refractivity (Wildman–Crippen MR) is 96.8 cm³/mol. The van der Waals surface area contributed by atoms with Crippen molar-refractivity contribution in [3.63, 3.8) is 0 Å². The monoisotopic (exact) mass is 339 g/mol. The fourth-order valence-corrected chi connectivity index (χ4v) is 3.31. The van der Waals surface area contributed by atoms with Gasteiger partial charge in [0.05, 0.1) is 12.7 Å². The maximum atomic E-state index is 12.3. The fraction of sp³-hybridized carbons (Fsp3) is 0.381. The van der Waals surface area contributed by atoms with Crippen LogP contribution in [0.1, 0.15) is 30.1 Å². The lowest BCUT2D eigenvalue weighted by molar-refractivity contribution is -0.138. The van der Waals surface area contributed by atoms with E-state index in [1.165, 1.54) is 0 Å². The van der Waals surface area contributed by atoms with Gasteiger partial charge in [0.25, 0.3) is 0 Å². The van der Waals surface area contributed by atoms with Gasteiger partial charge >= 0.3 is 0 Å². The molecule has 1 unspecified atom stereocenters. The molecule has 0 bridgehead atoms. The van der Waals surface area contributed by atoms with E-state index in [1.807, 2.05) is 65.6 Å². The molecule has 1 aliphatic heterocycles. The van der Waals surface area contributed by atoms with Crippen molar-refractivity contribution in [2.45, 2.75) is 25.6 Å². The minimum absolute atomic E-state index is 0.0311. The van der Waals surface area contributed by atoms with Crippen molar-refractivity contribution < 1.29 is 14.6 Å². The van der Waals surface area contributed by atoms with E-state index in [4.69, 9.17) is 4.74 Å². The normalized spacial score (nSPS) is 16.6. The zero-order valence-corrected chi connectivity index (χ0v) is 14.4. The summed E-state index contributed by atoms with van der Waals surface area (Å²) in [6, 6.07) is 19.6. The van der Waals surface area contributed by atoms with Crippen molar-refractivity contribution in [1.82, 2.24) is 4.90 Å². The van der Waals surface area contributed by atoms with E-state index in [9.17, 15) is 9.90 Å². The van der Waals surface area contributed by atoms with Gasteiger partial charge in [-0.2, -0.15) is 0 Å². The van der Waals surface area contributed by atoms with Gasteiger partial charge in [0.2, 0.25) is 5.91 Å². The Morgan fingerprint density at radius 1 is 1.04 bits per heavy atom. The molecule has 1 aliphatic rings. The van der Waals surface area contributed by atoms with Crippen LogP contribution >= 0.6 is 0 Å². The van der Waals surface area contributed by atoms with Crippen LogP contribution in [-0.4, -0.2) is 35.6 Å². The van der Waals surface area contributed by atoms with Crippen LogP contribution in [-0.2, 0) is 16.1 Å². The number of hydrogen-bond donors (Lipinski definition) is 1. The standard InChI is InChI=1S/C21H25NO3/c23-20(16-25-15-17-7-3-1-4-8-17)22-13-11-19(12-14-22)21(24)18-9-5-2-6-10-18/h1-10,19,21,24H,11-16H2. The molecule has 0 saturated carbocycles. The van der Waals surface area contributed by atoms with Gasteiger partial charge in [-0.1, -0.05) is 60.7 Å². The van der Waals surface area contributed by atoms with E-state index in [0.29, 0.717) is 19.7 Å². The Kier molecular flexibility index (Phi) is 6.20. The summed E-state index contributed by atoms with van der Waals surface area (Å²) >= 11 is 0. The summed E-state index contributed by atoms with van der Waals surface area (Å²) in [5.41, 5.74) is 2.03. The highest BCUT2D eigenvalue weighted by atomic mass is 16.5. The van der Waals surface area contributed by atoms with Crippen LogP contribution in [0, 0.1) is 5.92 Å². The van der Waals surface area contributed by atoms with Gasteiger partial charge in [0.1, 0.15) is 6.61 Å². The van der Waals surface area contributed by atoms with Crippen molar-refractivity contribution in [3.05, 3.63) is 71.8 Å². The second kappa shape index (κ2) is 8.79. The van der Waals surface area contributed by atoms with Gasteiger partial charge in [0.15, 0.2) is 0 Å². The first kappa shape index (κ1) is 17.6. The number of aliphatic hydroxyl groups excluding tert-OH is 1. The second-order valence-electron chi connectivity index (χ2n) is 6.55. The number of nitrogens with zero attached hydrogens (tertiary/aromatic N) is 1. The Morgan fingerprint density at radius 3 is 2.28 bits per heavy atom. The van der Waals surface area contributed by atoms with Crippen molar-refractivity contribution >= 4 is 5.91 Å². The molecule has 1 fully saturated rings. The van der Waals surface area contributed by atoms with E-state index in [-0.39, 0.29) is 18.4 Å². The number of carbonyl (C=O) groups excluding carboxylic acids is 1. The molecule has 1 amide bonds. The van der Waals surface area contributed by atoms with Crippen molar-refractivity contribution in [3.8, 4) is 0 Å². The molecule has 0 aromatic heterocycles. The zero-order chi connectivity index (χ0) is 17.5. The molecule has 4 nitrogen and oxygen atoms in total. The number of ether oxygens (including phenoxy) is 1. The minimum atomic E-state index is -0.451. The van der Waals surface area contributed by atoms with Crippen molar-refractivity contribution in [2.75, 3.05) is 19.7 Å². The second-order valence-corrected chi connectivity index (χ2v) is 6.55. The molecule has 0 aliphatic carbocycles. The van der Waals surface area contributed by atoms with Gasteiger partial charge < -0.3 is 14.7 Å². The molecule has 0 spiro atoms. The van der Waals surface area contributed by atoms with Crippen LogP contribution < -0.4 is 0 Å². The lowest BCUT2D eigenvalue weighted by atomic mass is 9.87. The maximum absolute atomic E-state index is 12.3. The third kappa shape index (κ3) is 4.91. The van der Waals surface area contributed by atoms with Crippen LogP contribution in [0.15, 0.2) is 60.7 Å². The lowest BCUT2D eigenvalue weighted by Gasteiger charge is -2.34. The molecule has 0 radical (unpaired) electrons. The molecular weight excluding hydrogens is 314 g/mol. The molecule has 2 aromatic rings. The molecular formula is C21H25NO3. The number of rotatable bonds is 6. The maximum Gasteiger partial charge on any atom is 0.248 e. The third-order valence-corrected chi connectivity index (χ3v) is 4.82. The number of benzene rings is 2. The van der Waals surface area contributed by atoms with Gasteiger partial charge in [-0.15, -0.1) is 0 Å². The molecule has 25 heavy (non-hydrogen) atoms. The number of hydrogen-bond acceptors (Lipinski definition) is 3. The molecule has 4 heteroatoms. The molecule has 1 saturated heterocycles. The molecule has 132 valence electrons. The number of aliphatic hydroxyl groups is 1. The summed E-state index contributed by atoms with van der Waals surface area (Å²) in [5.74, 6) is 0.236. The highest BCUT2D eigenvalue weighted by Crippen LogP contribution is 2.30. The minimum Gasteiger partial charge on any atom is -0.388 e. The summed E-state index contributed by atoms with van der Waals surface area (Å²) in [7, 11) is 0. The van der Waals surface area contributed by atoms with Crippen molar-refractivity contribution in [2.24, 2.45) is 5.92 Å². The average Bonchev–Trinajstić information content (AvgIpc) is 2.69. The Bertz CT molecular complexity index is 651. The Balaban J connectivity index is 1.41. The van der Waals surface area contributed by atoms with Crippen LogP contribution in [0.3, 0.4) is 0 Å².